The van der Waals surface area contributed by atoms with Gasteiger partial charge < -0.3 is 20.2 Å². The molecule has 0 fully saturated rings. The molecule has 8 heteroatoms. The van der Waals surface area contributed by atoms with E-state index in [1.807, 2.05) is 5.48 Å². The zero-order valence-electron chi connectivity index (χ0n) is 8.17. The summed E-state index contributed by atoms with van der Waals surface area (Å²) >= 11 is 0. The molecule has 0 saturated carbocycles. The molecule has 0 aromatic rings. The first-order valence-electron chi connectivity index (χ1n) is 4.05. The van der Waals surface area contributed by atoms with Crippen LogP contribution in [0.1, 0.15) is 12.8 Å². The molecule has 1 unspecified atom stereocenters. The van der Waals surface area contributed by atoms with Crippen molar-refractivity contribution < 1.29 is 34.5 Å². The van der Waals surface area contributed by atoms with Crippen molar-refractivity contribution in [1.82, 2.24) is 5.48 Å². The molecule has 0 aliphatic carbocycles. The standard InChI is InChI=1S/C8H11NO7/c1-2-9-16-6(12)4-8(15,7(13)14)3-5(10)11/h2,9,15H,1,3-4H2,(H,10,11)(H,13,14). The first kappa shape index (κ1) is 13.9. The van der Waals surface area contributed by atoms with Crippen molar-refractivity contribution in [1.29, 1.82) is 0 Å². The summed E-state index contributed by atoms with van der Waals surface area (Å²) in [6.07, 6.45) is -1.09. The Hall–Kier alpha value is -2.09. The smallest absolute Gasteiger partial charge is 0.336 e. The van der Waals surface area contributed by atoms with E-state index in [4.69, 9.17) is 10.2 Å². The van der Waals surface area contributed by atoms with Gasteiger partial charge in [-0.2, -0.15) is 0 Å². The first-order chi connectivity index (χ1) is 7.31. The molecule has 16 heavy (non-hydrogen) atoms. The topological polar surface area (TPSA) is 133 Å². The molecule has 0 aliphatic rings. The second kappa shape index (κ2) is 5.71. The number of aliphatic carboxylic acids is 2. The maximum absolute atomic E-state index is 11.0. The van der Waals surface area contributed by atoms with E-state index in [9.17, 15) is 19.5 Å². The highest BCUT2D eigenvalue weighted by Crippen LogP contribution is 2.16. The van der Waals surface area contributed by atoms with Crippen LogP contribution in [-0.4, -0.2) is 38.8 Å². The van der Waals surface area contributed by atoms with E-state index in [0.29, 0.717) is 0 Å². The summed E-state index contributed by atoms with van der Waals surface area (Å²) in [7, 11) is 0. The zero-order chi connectivity index (χ0) is 12.8. The number of aliphatic hydroxyl groups is 1. The van der Waals surface area contributed by atoms with Gasteiger partial charge in [0.25, 0.3) is 0 Å². The molecule has 0 heterocycles. The minimum absolute atomic E-state index is 0.991. The number of hydrogen-bond donors (Lipinski definition) is 4. The highest BCUT2D eigenvalue weighted by atomic mass is 16.7. The fourth-order valence-electron chi connectivity index (χ4n) is 0.846. The van der Waals surface area contributed by atoms with Gasteiger partial charge in [0, 0.05) is 6.20 Å². The Kier molecular flexibility index (Phi) is 4.96. The third kappa shape index (κ3) is 4.42. The van der Waals surface area contributed by atoms with Gasteiger partial charge in [-0.05, 0) is 0 Å². The van der Waals surface area contributed by atoms with E-state index < -0.39 is 36.4 Å². The molecule has 0 amide bonds. The summed E-state index contributed by atoms with van der Waals surface area (Å²) in [4.78, 5) is 36.1. The molecule has 0 spiro atoms. The molecule has 0 radical (unpaired) electrons. The van der Waals surface area contributed by atoms with Crippen LogP contribution < -0.4 is 5.48 Å². The number of hydroxylamine groups is 1. The monoisotopic (exact) mass is 233 g/mol. The van der Waals surface area contributed by atoms with Crippen molar-refractivity contribution in [3.05, 3.63) is 12.8 Å². The van der Waals surface area contributed by atoms with Crippen molar-refractivity contribution in [3.63, 3.8) is 0 Å². The zero-order valence-corrected chi connectivity index (χ0v) is 8.17. The quantitative estimate of drug-likeness (QED) is 0.405. The third-order valence-electron chi connectivity index (χ3n) is 1.53. The first-order valence-corrected chi connectivity index (χ1v) is 4.05. The van der Waals surface area contributed by atoms with Crippen LogP contribution >= 0.6 is 0 Å². The average molecular weight is 233 g/mol. The molecule has 4 N–H and O–H groups in total. The summed E-state index contributed by atoms with van der Waals surface area (Å²) in [5.74, 6) is -4.48. The van der Waals surface area contributed by atoms with Crippen molar-refractivity contribution in [2.24, 2.45) is 0 Å². The van der Waals surface area contributed by atoms with Gasteiger partial charge in [0.05, 0.1) is 12.8 Å². The van der Waals surface area contributed by atoms with Crippen LogP contribution in [0.5, 0.6) is 0 Å². The van der Waals surface area contributed by atoms with Gasteiger partial charge in [-0.3, -0.25) is 4.79 Å². The van der Waals surface area contributed by atoms with Gasteiger partial charge in [0.15, 0.2) is 5.60 Å². The Bertz CT molecular complexity index is 314. The largest absolute Gasteiger partial charge is 0.481 e. The second-order valence-corrected chi connectivity index (χ2v) is 2.88. The van der Waals surface area contributed by atoms with E-state index in [1.165, 1.54) is 0 Å². The van der Waals surface area contributed by atoms with E-state index in [2.05, 4.69) is 11.4 Å². The number of carbonyl (C=O) groups is 3. The lowest BCUT2D eigenvalue weighted by atomic mass is 9.96. The van der Waals surface area contributed by atoms with Gasteiger partial charge in [-0.25, -0.2) is 15.1 Å². The number of hydrogen-bond acceptors (Lipinski definition) is 6. The maximum Gasteiger partial charge on any atom is 0.336 e. The maximum atomic E-state index is 11.0. The van der Waals surface area contributed by atoms with E-state index in [0.717, 1.165) is 6.20 Å². The SMILES string of the molecule is C=CNOC(=O)CC(O)(CC(=O)O)C(=O)O. The van der Waals surface area contributed by atoms with E-state index in [-0.39, 0.29) is 0 Å². The lowest BCUT2D eigenvalue weighted by Crippen LogP contribution is -2.43. The van der Waals surface area contributed by atoms with Gasteiger partial charge >= 0.3 is 17.9 Å². The second-order valence-electron chi connectivity index (χ2n) is 2.88. The number of nitrogens with one attached hydrogen (secondary N) is 1. The average Bonchev–Trinajstić information content (AvgIpc) is 2.12. The Morgan fingerprint density at radius 1 is 1.31 bits per heavy atom. The van der Waals surface area contributed by atoms with Crippen LogP contribution in [0.15, 0.2) is 12.8 Å². The van der Waals surface area contributed by atoms with Gasteiger partial charge in [0.1, 0.15) is 0 Å². The number of carboxylic acids is 2. The lowest BCUT2D eigenvalue weighted by molar-refractivity contribution is -0.173. The molecule has 8 nitrogen and oxygen atoms in total. The van der Waals surface area contributed by atoms with Crippen molar-refractivity contribution in [2.75, 3.05) is 0 Å². The third-order valence-corrected chi connectivity index (χ3v) is 1.53. The summed E-state index contributed by atoms with van der Waals surface area (Å²) in [6.45, 7) is 3.15. The highest BCUT2D eigenvalue weighted by molar-refractivity contribution is 5.88. The number of carboxylic acid groups (broad SMARTS) is 2. The predicted molar refractivity (Wildman–Crippen MR) is 48.9 cm³/mol. The molecular weight excluding hydrogens is 222 g/mol. The van der Waals surface area contributed by atoms with Crippen molar-refractivity contribution in [3.8, 4) is 0 Å². The Balaban J connectivity index is 4.55. The van der Waals surface area contributed by atoms with E-state index in [1.54, 1.807) is 0 Å². The molecule has 0 aliphatic heterocycles. The lowest BCUT2D eigenvalue weighted by Gasteiger charge is -2.19. The van der Waals surface area contributed by atoms with Crippen LogP contribution in [0.2, 0.25) is 0 Å². The molecular formula is C8H11NO7. The number of rotatable bonds is 7. The predicted octanol–water partition coefficient (Wildman–Crippen LogP) is -1.14. The minimum Gasteiger partial charge on any atom is -0.481 e. The summed E-state index contributed by atoms with van der Waals surface area (Å²) in [5.41, 5.74) is -0.763. The molecule has 0 saturated heterocycles. The van der Waals surface area contributed by atoms with Crippen LogP contribution in [0.4, 0.5) is 0 Å². The van der Waals surface area contributed by atoms with Crippen molar-refractivity contribution in [2.45, 2.75) is 18.4 Å². The fourth-order valence-corrected chi connectivity index (χ4v) is 0.846. The van der Waals surface area contributed by atoms with Crippen LogP contribution in [0.25, 0.3) is 0 Å². The minimum atomic E-state index is -2.69. The van der Waals surface area contributed by atoms with Gasteiger partial charge in [-0.1, -0.05) is 6.58 Å². The van der Waals surface area contributed by atoms with Crippen LogP contribution in [0.3, 0.4) is 0 Å². The molecule has 1 atom stereocenters. The normalized spacial score (nSPS) is 13.3. The van der Waals surface area contributed by atoms with Crippen LogP contribution in [-0.2, 0) is 19.2 Å². The van der Waals surface area contributed by atoms with E-state index >= 15 is 0 Å². The summed E-state index contributed by atoms with van der Waals surface area (Å²) in [5, 5.41) is 26.4. The Morgan fingerprint density at radius 2 is 1.88 bits per heavy atom. The Morgan fingerprint density at radius 3 is 2.25 bits per heavy atom. The van der Waals surface area contributed by atoms with Gasteiger partial charge in [-0.15, -0.1) is 0 Å². The molecule has 0 aromatic carbocycles. The summed E-state index contributed by atoms with van der Waals surface area (Å²) in [6, 6.07) is 0. The molecule has 90 valence electrons. The van der Waals surface area contributed by atoms with Gasteiger partial charge in [0.2, 0.25) is 0 Å². The number of carbonyl (C=O) groups excluding carboxylic acids is 1. The molecule has 0 bridgehead atoms. The van der Waals surface area contributed by atoms with Crippen LogP contribution in [0, 0.1) is 0 Å². The summed E-state index contributed by atoms with van der Waals surface area (Å²) < 4.78 is 0. The Labute approximate surface area is 90.1 Å². The fraction of sp³-hybridized carbons (Fsp3) is 0.375. The highest BCUT2D eigenvalue weighted by Gasteiger charge is 2.41. The molecule has 0 rings (SSSR count). The molecule has 0 aromatic heterocycles. The van der Waals surface area contributed by atoms with Crippen molar-refractivity contribution >= 4 is 17.9 Å².